The van der Waals surface area contributed by atoms with Crippen LogP contribution in [0.1, 0.15) is 68.1 Å². The van der Waals surface area contributed by atoms with Crippen molar-refractivity contribution >= 4 is 29.4 Å². The number of furan rings is 1. The molecule has 0 saturated heterocycles. The number of ketones is 1. The lowest BCUT2D eigenvalue weighted by molar-refractivity contribution is -0.137. The van der Waals surface area contributed by atoms with Gasteiger partial charge in [0.05, 0.1) is 34.9 Å². The first-order chi connectivity index (χ1) is 17.4. The summed E-state index contributed by atoms with van der Waals surface area (Å²) in [5.41, 5.74) is -1.83. The summed E-state index contributed by atoms with van der Waals surface area (Å²) in [4.78, 5) is 38.7. The highest BCUT2D eigenvalue weighted by atomic mass is 32.2. The van der Waals surface area contributed by atoms with Gasteiger partial charge in [-0.15, -0.1) is 11.8 Å². The van der Waals surface area contributed by atoms with Crippen molar-refractivity contribution in [2.45, 2.75) is 70.5 Å². The van der Waals surface area contributed by atoms with E-state index in [2.05, 4.69) is 10.6 Å². The lowest BCUT2D eigenvalue weighted by Crippen LogP contribution is -2.52. The number of nitrogens with one attached hydrogen (secondary N) is 2. The van der Waals surface area contributed by atoms with Gasteiger partial charge in [-0.05, 0) is 49.1 Å². The fraction of sp³-hybridized carbons (Fsp3) is 0.500. The molecule has 0 aliphatic rings. The number of benzene rings is 1. The van der Waals surface area contributed by atoms with Gasteiger partial charge in [0.15, 0.2) is 5.78 Å². The first-order valence-corrected chi connectivity index (χ1v) is 13.2. The largest absolute Gasteiger partial charge is 0.468 e. The zero-order valence-electron chi connectivity index (χ0n) is 21.0. The van der Waals surface area contributed by atoms with Crippen LogP contribution < -0.4 is 10.6 Å². The molecule has 0 aliphatic heterocycles. The number of carbonyl (C=O) groups is 3. The van der Waals surface area contributed by atoms with Crippen molar-refractivity contribution in [3.8, 4) is 0 Å². The fourth-order valence-electron chi connectivity index (χ4n) is 3.56. The van der Waals surface area contributed by atoms with Crippen LogP contribution >= 0.6 is 11.8 Å². The van der Waals surface area contributed by atoms with E-state index in [1.165, 1.54) is 11.8 Å². The van der Waals surface area contributed by atoms with Crippen molar-refractivity contribution < 1.29 is 36.4 Å². The van der Waals surface area contributed by atoms with Crippen LogP contribution in [0.15, 0.2) is 41.0 Å². The summed E-state index contributed by atoms with van der Waals surface area (Å²) in [5.74, 6) is -1.84. The van der Waals surface area contributed by atoms with Crippen molar-refractivity contribution in [3.05, 3.63) is 59.3 Å². The van der Waals surface area contributed by atoms with Crippen molar-refractivity contribution in [3.63, 3.8) is 0 Å². The number of carbonyl (C=O) groups excluding carboxylic acids is 3. The van der Waals surface area contributed by atoms with Crippen LogP contribution in [0.5, 0.6) is 0 Å². The Hall–Kier alpha value is -2.82. The first kappa shape index (κ1) is 30.4. The highest BCUT2D eigenvalue weighted by Crippen LogP contribution is 2.30. The van der Waals surface area contributed by atoms with Crippen LogP contribution in [0.3, 0.4) is 0 Å². The molecule has 0 fully saturated rings. The van der Waals surface area contributed by atoms with Crippen LogP contribution in [0.4, 0.5) is 17.6 Å². The van der Waals surface area contributed by atoms with Crippen LogP contribution in [-0.2, 0) is 21.5 Å². The lowest BCUT2D eigenvalue weighted by Gasteiger charge is -2.24. The van der Waals surface area contributed by atoms with Crippen LogP contribution in [-0.4, -0.2) is 35.4 Å². The lowest BCUT2D eigenvalue weighted by atomic mass is 10.0. The average Bonchev–Trinajstić information content (AvgIpc) is 3.33. The number of unbranched alkanes of at least 4 members (excludes halogenated alkanes) is 1. The fourth-order valence-corrected chi connectivity index (χ4v) is 4.43. The second-order valence-corrected chi connectivity index (χ2v) is 10.1. The van der Waals surface area contributed by atoms with Crippen LogP contribution in [0.25, 0.3) is 0 Å². The number of hydrogen-bond acceptors (Lipinski definition) is 5. The quantitative estimate of drug-likeness (QED) is 0.295. The minimum Gasteiger partial charge on any atom is -0.468 e. The predicted octanol–water partition coefficient (Wildman–Crippen LogP) is 5.76. The Labute approximate surface area is 217 Å². The average molecular weight is 545 g/mol. The Balaban J connectivity index is 2.10. The van der Waals surface area contributed by atoms with Crippen molar-refractivity contribution in [1.82, 2.24) is 10.6 Å². The molecule has 1 heterocycles. The van der Waals surface area contributed by atoms with Gasteiger partial charge in [-0.2, -0.15) is 13.2 Å². The number of alkyl halides is 3. The first-order valence-electron chi connectivity index (χ1n) is 12.0. The zero-order chi connectivity index (χ0) is 27.6. The SMILES string of the molecule is CCCC[C@H](NC(=O)[C@H](CC(C)C)NC(=O)c1ccc(C(F)(F)F)cc1F)C(=O)CSCc1ccco1. The Bertz CT molecular complexity index is 1040. The monoisotopic (exact) mass is 544 g/mol. The molecule has 0 spiro atoms. The third-order valence-electron chi connectivity index (χ3n) is 5.49. The van der Waals surface area contributed by atoms with Gasteiger partial charge >= 0.3 is 6.18 Å². The minimum absolute atomic E-state index is 0.0536. The van der Waals surface area contributed by atoms with Crippen molar-refractivity contribution in [1.29, 1.82) is 0 Å². The standard InChI is InChI=1S/C26H32F4N2O4S/c1-4-5-8-21(23(33)15-37-14-18-7-6-11-36-18)31-25(35)22(12-16(2)3)32-24(34)19-10-9-17(13-20(19)27)26(28,29)30/h6-7,9-11,13,16,21-22H,4-5,8,12,14-15H2,1-3H3,(H,31,35)(H,32,34)/t21-,22-/m0/s1. The molecule has 2 aromatic rings. The normalized spacial score (nSPS) is 13.3. The minimum atomic E-state index is -4.76. The molecule has 2 N–H and O–H groups in total. The van der Waals surface area contributed by atoms with Crippen LogP contribution in [0.2, 0.25) is 0 Å². The number of hydrogen-bond donors (Lipinski definition) is 2. The third-order valence-corrected chi connectivity index (χ3v) is 6.47. The van der Waals surface area contributed by atoms with Crippen LogP contribution in [0, 0.1) is 11.7 Å². The summed E-state index contributed by atoms with van der Waals surface area (Å²) in [7, 11) is 0. The summed E-state index contributed by atoms with van der Waals surface area (Å²) in [6.45, 7) is 5.59. The Morgan fingerprint density at radius 1 is 1.08 bits per heavy atom. The van der Waals surface area contributed by atoms with E-state index in [4.69, 9.17) is 4.42 Å². The van der Waals surface area contributed by atoms with Gasteiger partial charge in [0.25, 0.3) is 5.91 Å². The van der Waals surface area contributed by atoms with E-state index in [9.17, 15) is 31.9 Å². The molecule has 11 heteroatoms. The molecule has 37 heavy (non-hydrogen) atoms. The molecule has 6 nitrogen and oxygen atoms in total. The number of rotatable bonds is 14. The third kappa shape index (κ3) is 9.87. The van der Waals surface area contributed by atoms with E-state index in [0.29, 0.717) is 24.7 Å². The molecule has 2 amide bonds. The molecule has 1 aromatic carbocycles. The van der Waals surface area contributed by atoms with Gasteiger partial charge < -0.3 is 15.1 Å². The van der Waals surface area contributed by atoms with Gasteiger partial charge in [-0.1, -0.05) is 33.6 Å². The maximum atomic E-state index is 14.3. The summed E-state index contributed by atoms with van der Waals surface area (Å²) in [6, 6.07) is 3.25. The Morgan fingerprint density at radius 3 is 2.38 bits per heavy atom. The summed E-state index contributed by atoms with van der Waals surface area (Å²) >= 11 is 1.35. The molecular formula is C26H32F4N2O4S. The topological polar surface area (TPSA) is 88.4 Å². The molecule has 2 rings (SSSR count). The van der Waals surface area contributed by atoms with Crippen molar-refractivity contribution in [2.75, 3.05) is 5.75 Å². The van der Waals surface area contributed by atoms with Gasteiger partial charge in [-0.3, -0.25) is 14.4 Å². The van der Waals surface area contributed by atoms with Gasteiger partial charge in [0, 0.05) is 0 Å². The number of halogens is 4. The molecule has 0 saturated carbocycles. The number of Topliss-reactive ketones (excluding diaryl/α,β-unsaturated/α-hetero) is 1. The second-order valence-electron chi connectivity index (χ2n) is 9.09. The molecule has 0 bridgehead atoms. The molecule has 0 unspecified atom stereocenters. The summed E-state index contributed by atoms with van der Waals surface area (Å²) in [5, 5.41) is 5.14. The highest BCUT2D eigenvalue weighted by molar-refractivity contribution is 7.99. The molecule has 0 aliphatic carbocycles. The second kappa shape index (κ2) is 14.2. The van der Waals surface area contributed by atoms with Gasteiger partial charge in [0.1, 0.15) is 17.6 Å². The van der Waals surface area contributed by atoms with Gasteiger partial charge in [-0.25, -0.2) is 4.39 Å². The molecule has 0 radical (unpaired) electrons. The van der Waals surface area contributed by atoms with E-state index in [1.807, 2.05) is 20.8 Å². The zero-order valence-corrected chi connectivity index (χ0v) is 21.8. The van der Waals surface area contributed by atoms with E-state index >= 15 is 0 Å². The van der Waals surface area contributed by atoms with E-state index in [0.717, 1.165) is 18.2 Å². The molecule has 2 atom stereocenters. The van der Waals surface area contributed by atoms with E-state index in [1.54, 1.807) is 18.4 Å². The number of thioether (sulfide) groups is 1. The number of amides is 2. The maximum Gasteiger partial charge on any atom is 0.416 e. The maximum absolute atomic E-state index is 14.3. The van der Waals surface area contributed by atoms with E-state index < -0.39 is 47.0 Å². The molecule has 1 aromatic heterocycles. The predicted molar refractivity (Wildman–Crippen MR) is 133 cm³/mol. The van der Waals surface area contributed by atoms with E-state index in [-0.39, 0.29) is 29.9 Å². The highest BCUT2D eigenvalue weighted by Gasteiger charge is 2.32. The van der Waals surface area contributed by atoms with Gasteiger partial charge in [0.2, 0.25) is 5.91 Å². The Kier molecular flexibility index (Phi) is 11.7. The summed E-state index contributed by atoms with van der Waals surface area (Å²) < 4.78 is 58.1. The summed E-state index contributed by atoms with van der Waals surface area (Å²) in [6.07, 6.45) is -1.12. The smallest absolute Gasteiger partial charge is 0.416 e. The Morgan fingerprint density at radius 2 is 1.81 bits per heavy atom. The van der Waals surface area contributed by atoms with Crippen molar-refractivity contribution in [2.24, 2.45) is 5.92 Å². The molecular weight excluding hydrogens is 512 g/mol. The molecule has 204 valence electrons.